The van der Waals surface area contributed by atoms with E-state index in [4.69, 9.17) is 0 Å². The maximum Gasteiger partial charge on any atom is 0.0429 e. The zero-order valence-corrected chi connectivity index (χ0v) is 10.0. The number of rotatable bonds is 5. The molecular weight excluding hydrogens is 206 g/mol. The van der Waals surface area contributed by atoms with E-state index in [0.717, 1.165) is 19.5 Å². The van der Waals surface area contributed by atoms with Crippen LogP contribution in [-0.2, 0) is 6.54 Å². The molecule has 0 atom stereocenters. The fourth-order valence-electron chi connectivity index (χ4n) is 1.93. The van der Waals surface area contributed by atoms with E-state index >= 15 is 0 Å². The highest BCUT2D eigenvalue weighted by Crippen LogP contribution is 2.16. The summed E-state index contributed by atoms with van der Waals surface area (Å²) in [5.41, 5.74) is 2.60. The van der Waals surface area contributed by atoms with Gasteiger partial charge in [0.1, 0.15) is 0 Å². The van der Waals surface area contributed by atoms with Gasteiger partial charge in [0.25, 0.3) is 0 Å². The van der Waals surface area contributed by atoms with E-state index in [1.54, 1.807) is 0 Å². The number of benzene rings is 2. The molecule has 1 nitrogen and oxygen atoms in total. The summed E-state index contributed by atoms with van der Waals surface area (Å²) in [6.45, 7) is 5.88. The Morgan fingerprint density at radius 2 is 1.41 bits per heavy atom. The van der Waals surface area contributed by atoms with Crippen molar-refractivity contribution < 1.29 is 0 Å². The Kier molecular flexibility index (Phi) is 4.20. The van der Waals surface area contributed by atoms with Crippen molar-refractivity contribution in [1.29, 1.82) is 0 Å². The van der Waals surface area contributed by atoms with Crippen LogP contribution in [0.25, 0.3) is 0 Å². The molecule has 0 aliphatic heterocycles. The smallest absolute Gasteiger partial charge is 0.0429 e. The molecule has 2 rings (SSSR count). The summed E-state index contributed by atoms with van der Waals surface area (Å²) in [5.74, 6) is 0. The van der Waals surface area contributed by atoms with Crippen LogP contribution >= 0.6 is 0 Å². The Labute approximate surface area is 104 Å². The molecule has 0 spiro atoms. The summed E-state index contributed by atoms with van der Waals surface area (Å²) in [6, 6.07) is 21.1. The minimum atomic E-state index is 0.918. The zero-order chi connectivity index (χ0) is 11.9. The largest absolute Gasteiger partial charge is 0.367 e. The number of anilines is 1. The first-order valence-electron chi connectivity index (χ1n) is 6.03. The summed E-state index contributed by atoms with van der Waals surface area (Å²) in [4.78, 5) is 2.36. The van der Waals surface area contributed by atoms with E-state index in [1.165, 1.54) is 11.3 Å². The minimum absolute atomic E-state index is 0.918. The number of nitrogens with zero attached hydrogens (tertiary/aromatic N) is 1. The molecule has 2 aromatic carbocycles. The van der Waals surface area contributed by atoms with Gasteiger partial charge >= 0.3 is 0 Å². The lowest BCUT2D eigenvalue weighted by atomic mass is 10.2. The van der Waals surface area contributed by atoms with Gasteiger partial charge in [0.05, 0.1) is 0 Å². The molecule has 0 amide bonds. The maximum absolute atomic E-state index is 3.95. The summed E-state index contributed by atoms with van der Waals surface area (Å²) < 4.78 is 0. The third-order valence-electron chi connectivity index (χ3n) is 2.77. The van der Waals surface area contributed by atoms with Gasteiger partial charge in [-0.25, -0.2) is 0 Å². The molecule has 0 N–H and O–H groups in total. The molecule has 0 bridgehead atoms. The molecule has 1 radical (unpaired) electrons. The molecule has 0 saturated heterocycles. The molecule has 17 heavy (non-hydrogen) atoms. The molecule has 0 aliphatic carbocycles. The van der Waals surface area contributed by atoms with Gasteiger partial charge in [-0.2, -0.15) is 0 Å². The molecule has 87 valence electrons. The first-order chi connectivity index (χ1) is 8.40. The lowest BCUT2D eigenvalue weighted by molar-refractivity contribution is 0.793. The van der Waals surface area contributed by atoms with Gasteiger partial charge in [-0.05, 0) is 24.1 Å². The predicted molar refractivity (Wildman–Crippen MR) is 73.9 cm³/mol. The van der Waals surface area contributed by atoms with Crippen molar-refractivity contribution in [3.05, 3.63) is 73.2 Å². The van der Waals surface area contributed by atoms with Crippen molar-refractivity contribution >= 4 is 5.69 Å². The van der Waals surface area contributed by atoms with Gasteiger partial charge in [0, 0.05) is 18.8 Å². The van der Waals surface area contributed by atoms with Gasteiger partial charge in [-0.3, -0.25) is 0 Å². The van der Waals surface area contributed by atoms with Crippen LogP contribution in [0.5, 0.6) is 0 Å². The maximum atomic E-state index is 3.95. The second kappa shape index (κ2) is 6.09. The van der Waals surface area contributed by atoms with Crippen molar-refractivity contribution in [1.82, 2.24) is 0 Å². The van der Waals surface area contributed by atoms with Crippen LogP contribution in [-0.4, -0.2) is 6.54 Å². The van der Waals surface area contributed by atoms with E-state index in [-0.39, 0.29) is 0 Å². The molecule has 0 unspecified atom stereocenters. The highest BCUT2D eigenvalue weighted by Gasteiger charge is 2.05. The van der Waals surface area contributed by atoms with Crippen molar-refractivity contribution in [2.75, 3.05) is 11.4 Å². The van der Waals surface area contributed by atoms with Crippen LogP contribution in [0.2, 0.25) is 0 Å². The molecule has 0 heterocycles. The number of hydrogen-bond acceptors (Lipinski definition) is 1. The van der Waals surface area contributed by atoms with Gasteiger partial charge in [0.15, 0.2) is 0 Å². The summed E-state index contributed by atoms with van der Waals surface area (Å²) in [7, 11) is 0. The molecule has 1 heteroatoms. The van der Waals surface area contributed by atoms with E-state index in [1.807, 2.05) is 6.07 Å². The Morgan fingerprint density at radius 3 is 2.00 bits per heavy atom. The number of para-hydroxylation sites is 1. The number of hydrogen-bond donors (Lipinski definition) is 0. The Hall–Kier alpha value is -1.76. The van der Waals surface area contributed by atoms with Crippen molar-refractivity contribution in [2.45, 2.75) is 13.0 Å². The standard InChI is InChI=1S/C16H18N/c1-2-13-17(16-11-7-4-8-12-16)14-15-9-5-3-6-10-15/h3-12H,1-2,13-14H2. The lowest BCUT2D eigenvalue weighted by Crippen LogP contribution is -2.23. The van der Waals surface area contributed by atoms with Crippen LogP contribution in [0, 0.1) is 6.92 Å². The quantitative estimate of drug-likeness (QED) is 0.744. The summed E-state index contributed by atoms with van der Waals surface area (Å²) in [6.07, 6.45) is 0.918. The monoisotopic (exact) mass is 224 g/mol. The second-order valence-electron chi connectivity index (χ2n) is 4.10. The van der Waals surface area contributed by atoms with Gasteiger partial charge in [-0.1, -0.05) is 55.5 Å². The predicted octanol–water partition coefficient (Wildman–Crippen LogP) is 3.92. The third-order valence-corrected chi connectivity index (χ3v) is 2.77. The van der Waals surface area contributed by atoms with Crippen molar-refractivity contribution in [3.8, 4) is 0 Å². The molecule has 0 aliphatic rings. The molecule has 2 aromatic rings. The van der Waals surface area contributed by atoms with Crippen LogP contribution in [0.1, 0.15) is 12.0 Å². The Balaban J connectivity index is 2.13. The molecule has 0 saturated carbocycles. The molecule has 0 fully saturated rings. The van der Waals surface area contributed by atoms with E-state index in [0.29, 0.717) is 0 Å². The van der Waals surface area contributed by atoms with Gasteiger partial charge in [-0.15, -0.1) is 0 Å². The summed E-state index contributed by atoms with van der Waals surface area (Å²) in [5, 5.41) is 0. The third kappa shape index (κ3) is 3.35. The van der Waals surface area contributed by atoms with E-state index in [9.17, 15) is 0 Å². The minimum Gasteiger partial charge on any atom is -0.367 e. The van der Waals surface area contributed by atoms with E-state index in [2.05, 4.69) is 66.4 Å². The zero-order valence-electron chi connectivity index (χ0n) is 10.0. The fraction of sp³-hybridized carbons (Fsp3) is 0.188. The average Bonchev–Trinajstić information content (AvgIpc) is 2.40. The van der Waals surface area contributed by atoms with Crippen LogP contribution in [0.4, 0.5) is 5.69 Å². The van der Waals surface area contributed by atoms with Crippen LogP contribution < -0.4 is 4.90 Å². The molecule has 0 aromatic heterocycles. The Morgan fingerprint density at radius 1 is 0.824 bits per heavy atom. The highest BCUT2D eigenvalue weighted by atomic mass is 15.1. The normalized spacial score (nSPS) is 10.2. The first kappa shape index (κ1) is 11.7. The highest BCUT2D eigenvalue weighted by molar-refractivity contribution is 5.46. The van der Waals surface area contributed by atoms with E-state index < -0.39 is 0 Å². The van der Waals surface area contributed by atoms with Gasteiger partial charge in [0.2, 0.25) is 0 Å². The lowest BCUT2D eigenvalue weighted by Gasteiger charge is -2.24. The van der Waals surface area contributed by atoms with Crippen molar-refractivity contribution in [2.24, 2.45) is 0 Å². The average molecular weight is 224 g/mol. The summed E-state index contributed by atoms with van der Waals surface area (Å²) >= 11 is 0. The SMILES string of the molecule is [CH2]CCN(Cc1ccccc1)c1ccccc1. The van der Waals surface area contributed by atoms with Gasteiger partial charge < -0.3 is 4.90 Å². The van der Waals surface area contributed by atoms with Crippen LogP contribution in [0.15, 0.2) is 60.7 Å². The van der Waals surface area contributed by atoms with Crippen molar-refractivity contribution in [3.63, 3.8) is 0 Å². The Bertz CT molecular complexity index is 422. The topological polar surface area (TPSA) is 3.24 Å². The fourth-order valence-corrected chi connectivity index (χ4v) is 1.93. The van der Waals surface area contributed by atoms with Crippen LogP contribution in [0.3, 0.4) is 0 Å². The molecular formula is C16H18N. The first-order valence-corrected chi connectivity index (χ1v) is 6.03. The second-order valence-corrected chi connectivity index (χ2v) is 4.10.